The number of carbonyl (C=O) groups is 1. The molecule has 168 valence electrons. The lowest BCUT2D eigenvalue weighted by atomic mass is 10.1. The summed E-state index contributed by atoms with van der Waals surface area (Å²) in [7, 11) is -2.40. The van der Waals surface area contributed by atoms with Gasteiger partial charge in [-0.05, 0) is 36.2 Å². The number of hydrogen-bond donors (Lipinski definition) is 1. The van der Waals surface area contributed by atoms with Gasteiger partial charge in [0.1, 0.15) is 10.6 Å². The molecule has 1 fully saturated rings. The zero-order valence-electron chi connectivity index (χ0n) is 17.8. The smallest absolute Gasteiger partial charge is 0.251 e. The van der Waals surface area contributed by atoms with Crippen LogP contribution >= 0.6 is 0 Å². The largest absolute Gasteiger partial charge is 0.495 e. The molecule has 0 unspecified atom stereocenters. The molecule has 9 heteroatoms. The second kappa shape index (κ2) is 10.7. The molecule has 1 aliphatic heterocycles. The summed E-state index contributed by atoms with van der Waals surface area (Å²) in [5, 5.41) is 2.83. The molecule has 0 atom stereocenters. The Bertz CT molecular complexity index is 986. The Morgan fingerprint density at radius 1 is 1.10 bits per heavy atom. The highest BCUT2D eigenvalue weighted by atomic mass is 32.2. The summed E-state index contributed by atoms with van der Waals surface area (Å²) in [4.78, 5) is 12.7. The summed E-state index contributed by atoms with van der Waals surface area (Å²) in [5.74, 6) is -0.160. The highest BCUT2D eigenvalue weighted by Crippen LogP contribution is 2.28. The maximum Gasteiger partial charge on any atom is 0.251 e. The van der Waals surface area contributed by atoms with E-state index in [0.717, 1.165) is 11.1 Å². The molecule has 8 nitrogen and oxygen atoms in total. The summed E-state index contributed by atoms with van der Waals surface area (Å²) >= 11 is 0. The number of benzene rings is 2. The van der Waals surface area contributed by atoms with Gasteiger partial charge in [-0.15, -0.1) is 0 Å². The van der Waals surface area contributed by atoms with Crippen LogP contribution in [0, 0.1) is 0 Å². The number of carbonyl (C=O) groups excluding carboxylic acids is 1. The summed E-state index contributed by atoms with van der Waals surface area (Å²) in [6.45, 7) is 4.68. The Hall–Kier alpha value is -2.46. The molecule has 1 amide bonds. The molecule has 0 spiro atoms. The third-order valence-corrected chi connectivity index (χ3v) is 6.88. The van der Waals surface area contributed by atoms with Gasteiger partial charge in [0, 0.05) is 31.8 Å². The van der Waals surface area contributed by atoms with Crippen LogP contribution in [0.5, 0.6) is 5.75 Å². The second-order valence-corrected chi connectivity index (χ2v) is 8.92. The maximum absolute atomic E-state index is 13.1. The fourth-order valence-electron chi connectivity index (χ4n) is 3.20. The minimum Gasteiger partial charge on any atom is -0.495 e. The predicted molar refractivity (Wildman–Crippen MR) is 116 cm³/mol. The first-order valence-corrected chi connectivity index (χ1v) is 11.6. The Morgan fingerprint density at radius 3 is 2.42 bits per heavy atom. The van der Waals surface area contributed by atoms with E-state index < -0.39 is 10.0 Å². The van der Waals surface area contributed by atoms with E-state index in [9.17, 15) is 13.2 Å². The van der Waals surface area contributed by atoms with Crippen molar-refractivity contribution in [2.24, 2.45) is 0 Å². The quantitative estimate of drug-likeness (QED) is 0.632. The minimum absolute atomic E-state index is 0.0233. The average molecular weight is 449 g/mol. The summed E-state index contributed by atoms with van der Waals surface area (Å²) < 4.78 is 43.4. The van der Waals surface area contributed by atoms with Crippen LogP contribution in [0.3, 0.4) is 0 Å². The highest BCUT2D eigenvalue weighted by molar-refractivity contribution is 7.89. The van der Waals surface area contributed by atoms with Crippen LogP contribution in [-0.4, -0.2) is 58.7 Å². The summed E-state index contributed by atoms with van der Waals surface area (Å²) in [5.41, 5.74) is 2.24. The van der Waals surface area contributed by atoms with E-state index in [0.29, 0.717) is 33.0 Å². The number of nitrogens with one attached hydrogen (secondary N) is 1. The number of nitrogens with zero attached hydrogens (tertiary/aromatic N) is 1. The molecule has 2 aromatic carbocycles. The van der Waals surface area contributed by atoms with Crippen LogP contribution in [0.4, 0.5) is 0 Å². The van der Waals surface area contributed by atoms with Gasteiger partial charge in [-0.3, -0.25) is 4.79 Å². The first-order valence-electron chi connectivity index (χ1n) is 10.2. The maximum atomic E-state index is 13.1. The van der Waals surface area contributed by atoms with E-state index in [1.165, 1.54) is 23.5 Å². The summed E-state index contributed by atoms with van der Waals surface area (Å²) in [6.07, 6.45) is 0. The van der Waals surface area contributed by atoms with Crippen molar-refractivity contribution in [2.75, 3.05) is 40.0 Å². The Balaban J connectivity index is 1.72. The van der Waals surface area contributed by atoms with Gasteiger partial charge in [0.15, 0.2) is 0 Å². The van der Waals surface area contributed by atoms with Crippen molar-refractivity contribution in [2.45, 2.75) is 25.0 Å². The van der Waals surface area contributed by atoms with Gasteiger partial charge in [0.05, 0.1) is 26.9 Å². The second-order valence-electron chi connectivity index (χ2n) is 7.02. The van der Waals surface area contributed by atoms with Gasteiger partial charge in [0.2, 0.25) is 10.0 Å². The fourth-order valence-corrected chi connectivity index (χ4v) is 4.79. The molecular formula is C22H28N2O6S. The van der Waals surface area contributed by atoms with E-state index >= 15 is 0 Å². The third kappa shape index (κ3) is 5.82. The zero-order chi connectivity index (χ0) is 22.3. The molecule has 1 aliphatic rings. The average Bonchev–Trinajstić information content (AvgIpc) is 2.82. The van der Waals surface area contributed by atoms with Gasteiger partial charge >= 0.3 is 0 Å². The molecule has 1 heterocycles. The van der Waals surface area contributed by atoms with Crippen LogP contribution in [-0.2, 0) is 32.6 Å². The van der Waals surface area contributed by atoms with Gasteiger partial charge < -0.3 is 19.5 Å². The molecular weight excluding hydrogens is 420 g/mol. The number of rotatable bonds is 9. The van der Waals surface area contributed by atoms with Crippen molar-refractivity contribution in [1.29, 1.82) is 0 Å². The van der Waals surface area contributed by atoms with Gasteiger partial charge in [0.25, 0.3) is 5.91 Å². The van der Waals surface area contributed by atoms with Crippen LogP contribution < -0.4 is 10.1 Å². The first-order chi connectivity index (χ1) is 15.0. The predicted octanol–water partition coefficient (Wildman–Crippen LogP) is 2.18. The van der Waals surface area contributed by atoms with E-state index in [4.69, 9.17) is 14.2 Å². The Kier molecular flexibility index (Phi) is 8.03. The van der Waals surface area contributed by atoms with E-state index in [1.54, 1.807) is 6.07 Å². The third-order valence-electron chi connectivity index (χ3n) is 4.96. The zero-order valence-corrected chi connectivity index (χ0v) is 18.6. The van der Waals surface area contributed by atoms with Crippen molar-refractivity contribution < 1.29 is 27.4 Å². The van der Waals surface area contributed by atoms with Crippen molar-refractivity contribution in [3.63, 3.8) is 0 Å². The van der Waals surface area contributed by atoms with E-state index in [-0.39, 0.29) is 35.2 Å². The lowest BCUT2D eigenvalue weighted by Gasteiger charge is -2.26. The molecule has 0 radical (unpaired) electrons. The SMILES string of the molecule is CCOCc1ccc(CNC(=O)c2ccc(OC)c(S(=O)(=O)N3CCOCC3)c2)cc1. The molecule has 2 aromatic rings. The van der Waals surface area contributed by atoms with Gasteiger partial charge in [-0.1, -0.05) is 24.3 Å². The normalized spacial score (nSPS) is 14.9. The lowest BCUT2D eigenvalue weighted by molar-refractivity contribution is 0.0729. The number of ether oxygens (including phenoxy) is 3. The molecule has 1 N–H and O–H groups in total. The highest BCUT2D eigenvalue weighted by Gasteiger charge is 2.30. The fraction of sp³-hybridized carbons (Fsp3) is 0.409. The van der Waals surface area contributed by atoms with Crippen LogP contribution in [0.25, 0.3) is 0 Å². The molecule has 3 rings (SSSR count). The molecule has 0 saturated carbocycles. The number of morpholine rings is 1. The molecule has 31 heavy (non-hydrogen) atoms. The van der Waals surface area contributed by atoms with Crippen molar-refractivity contribution in [3.8, 4) is 5.75 Å². The number of amides is 1. The van der Waals surface area contributed by atoms with Crippen LogP contribution in [0.2, 0.25) is 0 Å². The Morgan fingerprint density at radius 2 is 1.77 bits per heavy atom. The van der Waals surface area contributed by atoms with E-state index in [1.807, 2.05) is 31.2 Å². The van der Waals surface area contributed by atoms with Crippen molar-refractivity contribution >= 4 is 15.9 Å². The van der Waals surface area contributed by atoms with E-state index in [2.05, 4.69) is 5.32 Å². The topological polar surface area (TPSA) is 94.2 Å². The molecule has 1 saturated heterocycles. The van der Waals surface area contributed by atoms with Crippen molar-refractivity contribution in [1.82, 2.24) is 9.62 Å². The molecule has 0 bridgehead atoms. The number of sulfonamides is 1. The van der Waals surface area contributed by atoms with Crippen LogP contribution in [0.15, 0.2) is 47.4 Å². The monoisotopic (exact) mass is 448 g/mol. The standard InChI is InChI=1S/C22H28N2O6S/c1-3-29-16-18-6-4-17(5-7-18)15-23-22(25)19-8-9-20(28-2)21(14-19)31(26,27)24-10-12-30-13-11-24/h4-9,14H,3,10-13,15-16H2,1-2H3,(H,23,25). The summed E-state index contributed by atoms with van der Waals surface area (Å²) in [6, 6.07) is 12.2. The number of methoxy groups -OCH3 is 1. The number of hydrogen-bond acceptors (Lipinski definition) is 6. The minimum atomic E-state index is -3.80. The van der Waals surface area contributed by atoms with Crippen LogP contribution in [0.1, 0.15) is 28.4 Å². The lowest BCUT2D eigenvalue weighted by Crippen LogP contribution is -2.40. The first kappa shape index (κ1) is 23.2. The molecule has 0 aliphatic carbocycles. The Labute approximate surface area is 183 Å². The van der Waals surface area contributed by atoms with Gasteiger partial charge in [-0.2, -0.15) is 4.31 Å². The van der Waals surface area contributed by atoms with Gasteiger partial charge in [-0.25, -0.2) is 8.42 Å². The molecule has 0 aromatic heterocycles. The van der Waals surface area contributed by atoms with Crippen molar-refractivity contribution in [3.05, 3.63) is 59.2 Å².